The number of rotatable bonds is 39. The fourth-order valence-electron chi connectivity index (χ4n) is 5.90. The highest BCUT2D eigenvalue weighted by molar-refractivity contribution is 7.47. The van der Waals surface area contributed by atoms with Gasteiger partial charge in [0, 0.05) is 12.8 Å². The van der Waals surface area contributed by atoms with Gasteiger partial charge in [0.05, 0.1) is 13.2 Å². The lowest BCUT2D eigenvalue weighted by Gasteiger charge is -2.18. The number of ether oxygens (including phenoxy) is 1. The molecule has 0 spiro atoms. The van der Waals surface area contributed by atoms with E-state index in [1.807, 2.05) is 0 Å². The number of carboxylic acids is 1. The van der Waals surface area contributed by atoms with Crippen molar-refractivity contribution in [2.24, 2.45) is 0 Å². The van der Waals surface area contributed by atoms with Gasteiger partial charge in [0.25, 0.3) is 0 Å². The zero-order valence-corrected chi connectivity index (χ0v) is 33.3. The molecule has 0 rings (SSSR count). The van der Waals surface area contributed by atoms with Crippen LogP contribution in [0.25, 0.3) is 0 Å². The van der Waals surface area contributed by atoms with Gasteiger partial charge in [-0.05, 0) is 12.8 Å². The smallest absolute Gasteiger partial charge is 0.472 e. The van der Waals surface area contributed by atoms with Crippen LogP contribution in [-0.2, 0) is 32.7 Å². The van der Waals surface area contributed by atoms with Crippen molar-refractivity contribution in [1.82, 2.24) is 5.32 Å². The van der Waals surface area contributed by atoms with Gasteiger partial charge in [-0.25, -0.2) is 9.36 Å². The van der Waals surface area contributed by atoms with Crippen molar-refractivity contribution in [3.63, 3.8) is 0 Å². The van der Waals surface area contributed by atoms with Gasteiger partial charge in [0.1, 0.15) is 12.7 Å². The van der Waals surface area contributed by atoms with Crippen molar-refractivity contribution >= 4 is 25.7 Å². The molecule has 0 aliphatic rings. The van der Waals surface area contributed by atoms with Crippen molar-refractivity contribution in [3.8, 4) is 0 Å². The number of phosphoric ester groups is 1. The minimum absolute atomic E-state index is 0.153. The van der Waals surface area contributed by atoms with Crippen LogP contribution in [0.4, 0.5) is 0 Å². The predicted molar refractivity (Wildman–Crippen MR) is 204 cm³/mol. The van der Waals surface area contributed by atoms with Gasteiger partial charge in [-0.1, -0.05) is 174 Å². The molecule has 0 aliphatic carbocycles. The van der Waals surface area contributed by atoms with E-state index in [0.29, 0.717) is 12.8 Å². The molecule has 51 heavy (non-hydrogen) atoms. The van der Waals surface area contributed by atoms with Crippen LogP contribution in [-0.4, -0.2) is 64.9 Å². The fourth-order valence-corrected chi connectivity index (χ4v) is 6.68. The van der Waals surface area contributed by atoms with E-state index >= 15 is 0 Å². The summed E-state index contributed by atoms with van der Waals surface area (Å²) in [7, 11) is -4.73. The molecule has 4 N–H and O–H groups in total. The molecule has 1 amide bonds. The van der Waals surface area contributed by atoms with E-state index in [0.717, 1.165) is 38.5 Å². The van der Waals surface area contributed by atoms with Crippen molar-refractivity contribution in [2.75, 3.05) is 19.8 Å². The number of unbranched alkanes of at least 4 members (excludes halogenated alkanes) is 25. The highest BCUT2D eigenvalue weighted by atomic mass is 31.2. The van der Waals surface area contributed by atoms with Gasteiger partial charge in [-0.3, -0.25) is 18.6 Å². The van der Waals surface area contributed by atoms with Crippen LogP contribution in [0, 0.1) is 0 Å². The van der Waals surface area contributed by atoms with E-state index in [-0.39, 0.29) is 12.8 Å². The monoisotopic (exact) mass is 750 g/mol. The van der Waals surface area contributed by atoms with Gasteiger partial charge in [0.15, 0.2) is 6.04 Å². The number of phosphoric acid groups is 1. The molecule has 3 unspecified atom stereocenters. The molecule has 12 heteroatoms. The van der Waals surface area contributed by atoms with Crippen molar-refractivity contribution in [2.45, 2.75) is 212 Å². The molecule has 0 saturated heterocycles. The average Bonchev–Trinajstić information content (AvgIpc) is 3.10. The molecule has 11 nitrogen and oxygen atoms in total. The van der Waals surface area contributed by atoms with E-state index in [1.165, 1.54) is 122 Å². The molecular weight excluding hydrogens is 673 g/mol. The molecular formula is C39H76NO10P. The Labute approximate surface area is 310 Å². The van der Waals surface area contributed by atoms with Crippen LogP contribution in [0.1, 0.15) is 200 Å². The first kappa shape index (κ1) is 49.5. The topological polar surface area (TPSA) is 169 Å². The Morgan fingerprint density at radius 3 is 1.31 bits per heavy atom. The number of carboxylic acid groups (broad SMARTS) is 1. The highest BCUT2D eigenvalue weighted by Crippen LogP contribution is 2.43. The first-order valence-corrected chi connectivity index (χ1v) is 22.1. The minimum Gasteiger partial charge on any atom is -0.480 e. The lowest BCUT2D eigenvalue weighted by Crippen LogP contribution is -2.43. The molecule has 0 aromatic heterocycles. The molecule has 0 heterocycles. The van der Waals surface area contributed by atoms with E-state index < -0.39 is 57.6 Å². The number of amides is 1. The second kappa shape index (κ2) is 35.5. The molecule has 0 saturated carbocycles. The summed E-state index contributed by atoms with van der Waals surface area (Å²) < 4.78 is 26.5. The number of aliphatic hydroxyl groups excluding tert-OH is 1. The molecule has 0 radical (unpaired) electrons. The van der Waals surface area contributed by atoms with E-state index in [4.69, 9.17) is 13.8 Å². The lowest BCUT2D eigenvalue weighted by molar-refractivity contribution is -0.147. The number of aliphatic hydroxyl groups is 1. The summed E-state index contributed by atoms with van der Waals surface area (Å²) in [5, 5.41) is 21.6. The summed E-state index contributed by atoms with van der Waals surface area (Å²) in [4.78, 5) is 45.4. The second-order valence-electron chi connectivity index (χ2n) is 14.2. The maximum atomic E-state index is 12.3. The number of hydrogen-bond donors (Lipinski definition) is 4. The van der Waals surface area contributed by atoms with E-state index in [2.05, 4.69) is 19.2 Å². The van der Waals surface area contributed by atoms with E-state index in [9.17, 15) is 34.1 Å². The van der Waals surface area contributed by atoms with Gasteiger partial charge in [-0.2, -0.15) is 0 Å². The standard InChI is InChI=1S/C39H76NO10P/c1-3-5-7-9-10-11-12-13-14-15-16-17-18-19-20-21-22-23-24-25-26-27-28-30-37(42)40-36(39(44)45)34-50-51(46,47)49-33-35(41)32-48-38(43)31-29-8-6-4-2/h35-36,41H,3-34H2,1-2H3,(H,40,42)(H,44,45)(H,46,47). The zero-order chi connectivity index (χ0) is 37.8. The average molecular weight is 750 g/mol. The largest absolute Gasteiger partial charge is 0.480 e. The number of nitrogens with one attached hydrogen (secondary N) is 1. The molecule has 0 aliphatic heterocycles. The number of esters is 1. The summed E-state index contributed by atoms with van der Waals surface area (Å²) in [5.74, 6) is -2.38. The Morgan fingerprint density at radius 2 is 0.902 bits per heavy atom. The Bertz CT molecular complexity index is 890. The molecule has 302 valence electrons. The molecule has 0 aromatic rings. The van der Waals surface area contributed by atoms with Gasteiger partial charge < -0.3 is 25.2 Å². The molecule has 0 bridgehead atoms. The Balaban J connectivity index is 3.75. The summed E-state index contributed by atoms with van der Waals surface area (Å²) in [6.07, 6.45) is 32.2. The van der Waals surface area contributed by atoms with Gasteiger partial charge in [-0.15, -0.1) is 0 Å². The summed E-state index contributed by atoms with van der Waals surface area (Å²) in [5.41, 5.74) is 0. The summed E-state index contributed by atoms with van der Waals surface area (Å²) in [6.45, 7) is 2.45. The summed E-state index contributed by atoms with van der Waals surface area (Å²) in [6, 6.07) is -1.54. The Kier molecular flexibility index (Phi) is 34.4. The first-order chi connectivity index (χ1) is 24.6. The SMILES string of the molecule is CCCCCCCCCCCCCCCCCCCCCCCCCC(=O)NC(COP(=O)(O)OCC(O)COC(=O)CCCCCC)C(=O)O. The first-order valence-electron chi connectivity index (χ1n) is 20.6. The second-order valence-corrected chi connectivity index (χ2v) is 15.6. The molecule has 0 fully saturated rings. The number of carbonyl (C=O) groups is 3. The van der Waals surface area contributed by atoms with Crippen LogP contribution in [0.15, 0.2) is 0 Å². The number of aliphatic carboxylic acids is 1. The fraction of sp³-hybridized carbons (Fsp3) is 0.923. The van der Waals surface area contributed by atoms with Crippen LogP contribution in [0.2, 0.25) is 0 Å². The van der Waals surface area contributed by atoms with Crippen LogP contribution in [0.3, 0.4) is 0 Å². The van der Waals surface area contributed by atoms with E-state index in [1.54, 1.807) is 0 Å². The lowest BCUT2D eigenvalue weighted by atomic mass is 10.0. The quantitative estimate of drug-likeness (QED) is 0.0270. The van der Waals surface area contributed by atoms with Crippen LogP contribution in [0.5, 0.6) is 0 Å². The normalized spacial score (nSPS) is 13.8. The van der Waals surface area contributed by atoms with Crippen LogP contribution >= 0.6 is 7.82 Å². The minimum atomic E-state index is -4.73. The zero-order valence-electron chi connectivity index (χ0n) is 32.4. The highest BCUT2D eigenvalue weighted by Gasteiger charge is 2.28. The predicted octanol–water partition coefficient (Wildman–Crippen LogP) is 9.95. The summed E-state index contributed by atoms with van der Waals surface area (Å²) >= 11 is 0. The molecule has 0 aromatic carbocycles. The van der Waals surface area contributed by atoms with Crippen molar-refractivity contribution in [1.29, 1.82) is 0 Å². The maximum Gasteiger partial charge on any atom is 0.472 e. The maximum absolute atomic E-state index is 12.3. The van der Waals surface area contributed by atoms with Gasteiger partial charge in [0.2, 0.25) is 5.91 Å². The van der Waals surface area contributed by atoms with Gasteiger partial charge >= 0.3 is 19.8 Å². The third-order valence-corrected chi connectivity index (χ3v) is 10.1. The van der Waals surface area contributed by atoms with Crippen molar-refractivity contribution < 1.29 is 47.8 Å². The Morgan fingerprint density at radius 1 is 0.549 bits per heavy atom. The third-order valence-electron chi connectivity index (χ3n) is 9.15. The molecule has 3 atom stereocenters. The van der Waals surface area contributed by atoms with Crippen molar-refractivity contribution in [3.05, 3.63) is 0 Å². The third kappa shape index (κ3) is 35.3. The number of hydrogen-bond acceptors (Lipinski definition) is 8. The Hall–Kier alpha value is -1.52. The van der Waals surface area contributed by atoms with Crippen LogP contribution < -0.4 is 5.32 Å². The number of carbonyl (C=O) groups excluding carboxylic acids is 2.